The second-order valence-electron chi connectivity index (χ2n) is 10.1. The number of likely N-dealkylation sites (N-methyl/N-ethyl adjacent to an activating group) is 1. The molecule has 5 nitrogen and oxygen atoms in total. The van der Waals surface area contributed by atoms with Crippen LogP contribution in [0.3, 0.4) is 0 Å². The minimum atomic E-state index is -0.349. The van der Waals surface area contributed by atoms with Gasteiger partial charge in [0.05, 0.1) is 0 Å². The zero-order valence-electron chi connectivity index (χ0n) is 19.9. The number of hydrogen-bond donors (Lipinski definition) is 1. The smallest absolute Gasteiger partial charge is 0.411 e. The Balaban J connectivity index is 1.09. The number of carbonyl (C=O) groups is 1. The summed E-state index contributed by atoms with van der Waals surface area (Å²) in [6.07, 6.45) is 7.35. The van der Waals surface area contributed by atoms with Crippen molar-refractivity contribution < 1.29 is 9.53 Å². The number of fused-ring (bicyclic) bond motifs is 4. The van der Waals surface area contributed by atoms with Gasteiger partial charge in [-0.1, -0.05) is 54.6 Å². The van der Waals surface area contributed by atoms with Crippen LogP contribution in [-0.4, -0.2) is 61.8 Å². The molecule has 1 aliphatic heterocycles. The highest BCUT2D eigenvalue weighted by atomic mass is 16.5. The predicted octanol–water partition coefficient (Wildman–Crippen LogP) is 4.77. The van der Waals surface area contributed by atoms with Crippen LogP contribution in [0.25, 0.3) is 11.1 Å². The monoisotopic (exact) mass is 455 g/mol. The molecule has 0 radical (unpaired) electrons. The first-order chi connectivity index (χ1) is 16.7. The van der Waals surface area contributed by atoms with E-state index in [1.807, 2.05) is 0 Å². The van der Waals surface area contributed by atoms with Gasteiger partial charge in [-0.05, 0) is 66.1 Å². The number of carbonyl (C=O) groups excluding carboxylic acids is 1. The first kappa shape index (κ1) is 21.6. The van der Waals surface area contributed by atoms with Crippen LogP contribution in [0, 0.1) is 5.92 Å². The number of amides is 1. The zero-order chi connectivity index (χ0) is 23.1. The van der Waals surface area contributed by atoms with Crippen molar-refractivity contribution in [1.82, 2.24) is 15.1 Å². The molecule has 5 heteroatoms. The molecule has 1 saturated carbocycles. The first-order valence-corrected chi connectivity index (χ1v) is 12.6. The average molecular weight is 456 g/mol. The predicted molar refractivity (Wildman–Crippen MR) is 135 cm³/mol. The van der Waals surface area contributed by atoms with Gasteiger partial charge < -0.3 is 9.64 Å². The van der Waals surface area contributed by atoms with Gasteiger partial charge in [0.15, 0.2) is 0 Å². The van der Waals surface area contributed by atoms with Gasteiger partial charge in [-0.25, -0.2) is 4.79 Å². The van der Waals surface area contributed by atoms with Gasteiger partial charge in [0.2, 0.25) is 0 Å². The maximum Gasteiger partial charge on any atom is 0.411 e. The lowest BCUT2D eigenvalue weighted by atomic mass is 9.90. The van der Waals surface area contributed by atoms with Crippen LogP contribution in [0.1, 0.15) is 36.3 Å². The lowest BCUT2D eigenvalue weighted by Crippen LogP contribution is -2.49. The molecule has 1 heterocycles. The molecule has 2 aromatic rings. The van der Waals surface area contributed by atoms with Crippen LogP contribution in [0.4, 0.5) is 4.79 Å². The number of ether oxygens (including phenoxy) is 1. The van der Waals surface area contributed by atoms with E-state index < -0.39 is 0 Å². The molecule has 1 amide bonds. The lowest BCUT2D eigenvalue weighted by molar-refractivity contribution is 0.127. The second-order valence-corrected chi connectivity index (χ2v) is 10.1. The van der Waals surface area contributed by atoms with Crippen molar-refractivity contribution in [1.29, 1.82) is 0 Å². The van der Waals surface area contributed by atoms with E-state index in [0.29, 0.717) is 18.6 Å². The average Bonchev–Trinajstić information content (AvgIpc) is 3.42. The largest absolute Gasteiger partial charge is 0.448 e. The molecule has 1 saturated heterocycles. The third-order valence-electron chi connectivity index (χ3n) is 8.17. The van der Waals surface area contributed by atoms with E-state index in [1.54, 1.807) is 5.57 Å². The number of alkyl carbamates (subject to hydrolysis) is 1. The fourth-order valence-electron chi connectivity index (χ4n) is 6.35. The van der Waals surface area contributed by atoms with Crippen LogP contribution < -0.4 is 5.32 Å². The Hall–Kier alpha value is -2.89. The number of nitrogens with one attached hydrogen (secondary N) is 1. The Bertz CT molecular complexity index is 1100. The van der Waals surface area contributed by atoms with Crippen LogP contribution in [0.2, 0.25) is 0 Å². The highest BCUT2D eigenvalue weighted by Gasteiger charge is 2.37. The van der Waals surface area contributed by atoms with E-state index in [4.69, 9.17) is 4.74 Å². The fraction of sp³-hybridized carbons (Fsp3) is 0.414. The Morgan fingerprint density at radius 1 is 0.941 bits per heavy atom. The van der Waals surface area contributed by atoms with Crippen molar-refractivity contribution in [2.75, 3.05) is 39.8 Å². The van der Waals surface area contributed by atoms with E-state index >= 15 is 0 Å². The van der Waals surface area contributed by atoms with Crippen molar-refractivity contribution in [2.45, 2.75) is 31.2 Å². The molecule has 1 N–H and O–H groups in total. The standard InChI is InChI=1S/C29H33N3O2/c1-31-14-16-32(17-15-31)28-13-10-20-18-21(11-12-22(20)28)30-29(33)34-19-27-25-8-4-2-6-23(25)24-7-3-5-9-26(24)27/h2-9,11-12,20,27-28H,10,13-19H2,1H3,(H,30,33). The molecule has 6 rings (SSSR count). The van der Waals surface area contributed by atoms with Crippen molar-refractivity contribution in [3.8, 4) is 11.1 Å². The summed E-state index contributed by atoms with van der Waals surface area (Å²) in [6.45, 7) is 4.96. The summed E-state index contributed by atoms with van der Waals surface area (Å²) in [6, 6.07) is 17.4. The zero-order valence-corrected chi connectivity index (χ0v) is 19.9. The minimum Gasteiger partial charge on any atom is -0.448 e. The molecule has 2 fully saturated rings. The maximum atomic E-state index is 12.7. The topological polar surface area (TPSA) is 44.8 Å². The van der Waals surface area contributed by atoms with E-state index in [1.165, 1.54) is 35.1 Å². The van der Waals surface area contributed by atoms with E-state index in [9.17, 15) is 4.79 Å². The third-order valence-corrected chi connectivity index (χ3v) is 8.17. The molecule has 176 valence electrons. The molecule has 2 unspecified atom stereocenters. The number of allylic oxidation sites excluding steroid dienone is 3. The van der Waals surface area contributed by atoms with Crippen molar-refractivity contribution in [3.63, 3.8) is 0 Å². The van der Waals surface area contributed by atoms with E-state index in [-0.39, 0.29) is 12.0 Å². The summed E-state index contributed by atoms with van der Waals surface area (Å²) < 4.78 is 5.76. The molecular formula is C29H33N3O2. The minimum absolute atomic E-state index is 0.0872. The Labute approximate surface area is 202 Å². The summed E-state index contributed by atoms with van der Waals surface area (Å²) in [5.41, 5.74) is 7.50. The summed E-state index contributed by atoms with van der Waals surface area (Å²) in [5.74, 6) is 0.628. The quantitative estimate of drug-likeness (QED) is 0.722. The van der Waals surface area contributed by atoms with Crippen molar-refractivity contribution in [2.24, 2.45) is 5.92 Å². The summed E-state index contributed by atoms with van der Waals surface area (Å²) >= 11 is 0. The Kier molecular flexibility index (Phi) is 5.75. The number of rotatable bonds is 4. The van der Waals surface area contributed by atoms with Gasteiger partial charge in [0, 0.05) is 43.8 Å². The van der Waals surface area contributed by atoms with Crippen LogP contribution >= 0.6 is 0 Å². The molecule has 2 aromatic carbocycles. The summed E-state index contributed by atoms with van der Waals surface area (Å²) in [7, 11) is 2.21. The number of hydrogen-bond acceptors (Lipinski definition) is 4. The van der Waals surface area contributed by atoms with Gasteiger partial charge in [0.1, 0.15) is 6.61 Å². The number of piperazine rings is 1. The second kappa shape index (κ2) is 9.05. The van der Waals surface area contributed by atoms with Gasteiger partial charge >= 0.3 is 6.09 Å². The highest BCUT2D eigenvalue weighted by molar-refractivity contribution is 5.79. The van der Waals surface area contributed by atoms with E-state index in [0.717, 1.165) is 38.3 Å². The number of benzene rings is 2. The molecule has 34 heavy (non-hydrogen) atoms. The molecule has 0 aromatic heterocycles. The Morgan fingerprint density at radius 2 is 1.62 bits per heavy atom. The molecule has 0 spiro atoms. The molecular weight excluding hydrogens is 422 g/mol. The molecule has 0 bridgehead atoms. The van der Waals surface area contributed by atoms with E-state index in [2.05, 4.69) is 82.8 Å². The van der Waals surface area contributed by atoms with Crippen LogP contribution in [0.5, 0.6) is 0 Å². The molecule has 3 aliphatic carbocycles. The first-order valence-electron chi connectivity index (χ1n) is 12.6. The van der Waals surface area contributed by atoms with Crippen LogP contribution in [-0.2, 0) is 4.74 Å². The van der Waals surface area contributed by atoms with Crippen molar-refractivity contribution >= 4 is 6.09 Å². The highest BCUT2D eigenvalue weighted by Crippen LogP contribution is 2.44. The normalized spacial score (nSPS) is 24.6. The Morgan fingerprint density at radius 3 is 2.32 bits per heavy atom. The maximum absolute atomic E-state index is 12.7. The lowest BCUT2D eigenvalue weighted by Gasteiger charge is -2.37. The fourth-order valence-corrected chi connectivity index (χ4v) is 6.35. The molecule has 2 atom stereocenters. The van der Waals surface area contributed by atoms with Gasteiger partial charge in [0.25, 0.3) is 0 Å². The molecule has 4 aliphatic rings. The summed E-state index contributed by atoms with van der Waals surface area (Å²) in [5, 5.41) is 3.04. The van der Waals surface area contributed by atoms with Gasteiger partial charge in [-0.15, -0.1) is 0 Å². The third kappa shape index (κ3) is 3.97. The number of nitrogens with zero attached hydrogens (tertiary/aromatic N) is 2. The van der Waals surface area contributed by atoms with Gasteiger partial charge in [-0.2, -0.15) is 0 Å². The van der Waals surface area contributed by atoms with Gasteiger partial charge in [-0.3, -0.25) is 10.2 Å². The van der Waals surface area contributed by atoms with Crippen LogP contribution in [0.15, 0.2) is 72.0 Å². The summed E-state index contributed by atoms with van der Waals surface area (Å²) in [4.78, 5) is 17.8. The van der Waals surface area contributed by atoms with Crippen molar-refractivity contribution in [3.05, 3.63) is 83.1 Å². The SMILES string of the molecule is CN1CCN(C2CCC3CC(NC(=O)OCC4c5ccccc5-c5ccccc54)=CC=C32)CC1.